The molecule has 0 amide bonds. The lowest BCUT2D eigenvalue weighted by atomic mass is 9.81. The summed E-state index contributed by atoms with van der Waals surface area (Å²) in [5, 5.41) is 20.7. The number of hydrogen-bond acceptors (Lipinski definition) is 0. The van der Waals surface area contributed by atoms with E-state index in [1.807, 2.05) is 0 Å². The zero-order chi connectivity index (χ0) is 37.9. The van der Waals surface area contributed by atoms with Crippen LogP contribution in [0.3, 0.4) is 0 Å². The molecule has 13 rings (SSSR count). The van der Waals surface area contributed by atoms with Gasteiger partial charge in [0.1, 0.15) is 0 Å². The van der Waals surface area contributed by atoms with E-state index in [9.17, 15) is 0 Å². The van der Waals surface area contributed by atoms with Crippen molar-refractivity contribution in [2.24, 2.45) is 0 Å². The molecule has 0 radical (unpaired) electrons. The molecular formula is C58H34. The van der Waals surface area contributed by atoms with Crippen LogP contribution in [0.25, 0.3) is 131 Å². The quantitative estimate of drug-likeness (QED) is 0.158. The molecule has 13 aromatic carbocycles. The summed E-state index contributed by atoms with van der Waals surface area (Å²) in [7, 11) is 0. The molecule has 0 fully saturated rings. The molecule has 0 saturated heterocycles. The maximum atomic E-state index is 2.49. The van der Waals surface area contributed by atoms with Crippen LogP contribution in [-0.4, -0.2) is 0 Å². The molecule has 0 atom stereocenters. The van der Waals surface area contributed by atoms with E-state index in [1.54, 1.807) is 0 Å². The molecule has 0 heteroatoms. The van der Waals surface area contributed by atoms with Gasteiger partial charge in [-0.15, -0.1) is 0 Å². The Balaban J connectivity index is 1.11. The van der Waals surface area contributed by atoms with Gasteiger partial charge in [0.25, 0.3) is 0 Å². The molecule has 58 heavy (non-hydrogen) atoms. The maximum absolute atomic E-state index is 2.49. The van der Waals surface area contributed by atoms with Crippen molar-refractivity contribution < 1.29 is 0 Å². The summed E-state index contributed by atoms with van der Waals surface area (Å²) in [6.07, 6.45) is 0. The van der Waals surface area contributed by atoms with Crippen LogP contribution >= 0.6 is 0 Å². The first-order valence-corrected chi connectivity index (χ1v) is 20.2. The van der Waals surface area contributed by atoms with Crippen molar-refractivity contribution in [3.8, 4) is 44.5 Å². The second-order valence-electron chi connectivity index (χ2n) is 15.9. The van der Waals surface area contributed by atoms with Crippen molar-refractivity contribution in [3.05, 3.63) is 206 Å². The van der Waals surface area contributed by atoms with Crippen molar-refractivity contribution in [2.45, 2.75) is 0 Å². The lowest BCUT2D eigenvalue weighted by molar-refractivity contribution is 1.61. The van der Waals surface area contributed by atoms with Crippen molar-refractivity contribution in [1.82, 2.24) is 0 Å². The molecule has 0 aliphatic heterocycles. The van der Waals surface area contributed by atoms with Crippen LogP contribution in [0.5, 0.6) is 0 Å². The van der Waals surface area contributed by atoms with Crippen LogP contribution < -0.4 is 0 Å². The molecule has 0 aliphatic carbocycles. The van der Waals surface area contributed by atoms with Crippen molar-refractivity contribution in [3.63, 3.8) is 0 Å². The largest absolute Gasteiger partial charge is 0.0616 e. The first kappa shape index (κ1) is 31.6. The van der Waals surface area contributed by atoms with Gasteiger partial charge in [0.15, 0.2) is 0 Å². The van der Waals surface area contributed by atoms with Crippen molar-refractivity contribution in [2.75, 3.05) is 0 Å². The van der Waals surface area contributed by atoms with Crippen LogP contribution in [-0.2, 0) is 0 Å². The Labute approximate surface area is 335 Å². The highest BCUT2D eigenvalue weighted by atomic mass is 14.2. The topological polar surface area (TPSA) is 0 Å². The maximum Gasteiger partial charge on any atom is -0.00199 e. The number of hydrogen-bond donors (Lipinski definition) is 0. The van der Waals surface area contributed by atoms with E-state index in [2.05, 4.69) is 206 Å². The van der Waals surface area contributed by atoms with E-state index in [0.717, 1.165) is 0 Å². The van der Waals surface area contributed by atoms with Crippen LogP contribution in [0.15, 0.2) is 206 Å². The van der Waals surface area contributed by atoms with E-state index >= 15 is 0 Å². The normalized spacial score (nSPS) is 12.1. The fourth-order valence-corrected chi connectivity index (χ4v) is 10.4. The smallest absolute Gasteiger partial charge is 0.00199 e. The highest BCUT2D eigenvalue weighted by Gasteiger charge is 2.21. The van der Waals surface area contributed by atoms with Gasteiger partial charge >= 0.3 is 0 Å². The number of benzene rings is 13. The molecule has 0 bridgehead atoms. The van der Waals surface area contributed by atoms with Gasteiger partial charge < -0.3 is 0 Å². The standard InChI is InChI=1S/C58H34/c1-2-17-44-35(9-1)10-8-20-46(44)53-34-52(43-16-7-15-42(33-43)45-29-25-40-23-21-36-11-5-13-38-26-30-49(45)56(40)54(36)38)47-18-3-4-19-48(47)58(53)51-32-28-41-24-22-37-12-6-14-39-27-31-50(51)57(41)55(37)39/h1-34H. The zero-order valence-electron chi connectivity index (χ0n) is 31.6. The second kappa shape index (κ2) is 12.0. The number of fused-ring (bicyclic) bond motifs is 2. The molecular weight excluding hydrogens is 697 g/mol. The molecule has 0 aromatic heterocycles. The van der Waals surface area contributed by atoms with E-state index in [1.165, 1.54) is 131 Å². The lowest BCUT2D eigenvalue weighted by Crippen LogP contribution is -1.94. The average molecular weight is 731 g/mol. The Kier molecular flexibility index (Phi) is 6.54. The fraction of sp³-hybridized carbons (Fsp3) is 0. The molecule has 0 aliphatic rings. The Bertz CT molecular complexity index is 3750. The van der Waals surface area contributed by atoms with Gasteiger partial charge in [-0.3, -0.25) is 0 Å². The summed E-state index contributed by atoms with van der Waals surface area (Å²) in [5.41, 5.74) is 9.96. The first-order valence-electron chi connectivity index (χ1n) is 20.2. The van der Waals surface area contributed by atoms with Gasteiger partial charge in [0.05, 0.1) is 0 Å². The molecule has 0 saturated carbocycles. The molecule has 0 spiro atoms. The van der Waals surface area contributed by atoms with E-state index < -0.39 is 0 Å². The molecule has 266 valence electrons. The molecule has 0 nitrogen and oxygen atoms in total. The van der Waals surface area contributed by atoms with E-state index in [0.29, 0.717) is 0 Å². The summed E-state index contributed by atoms with van der Waals surface area (Å²) in [4.78, 5) is 0. The summed E-state index contributed by atoms with van der Waals surface area (Å²) < 4.78 is 0. The molecule has 0 unspecified atom stereocenters. The SMILES string of the molecule is c1cc(-c2cc(-c3cccc4ccccc34)c(-c3ccc4ccc5cccc6ccc3c4c56)c3ccccc23)cc(-c2ccc3ccc4cccc5ccc2c3c45)c1. The average Bonchev–Trinajstić information content (AvgIpc) is 3.29. The first-order chi connectivity index (χ1) is 28.8. The third-order valence-corrected chi connectivity index (χ3v) is 12.9. The Hall–Kier alpha value is -7.54. The Morgan fingerprint density at radius 3 is 1.31 bits per heavy atom. The molecule has 13 aromatic rings. The Morgan fingerprint density at radius 2 is 0.638 bits per heavy atom. The highest BCUT2D eigenvalue weighted by molar-refractivity contribution is 6.28. The van der Waals surface area contributed by atoms with Crippen LogP contribution in [0.4, 0.5) is 0 Å². The van der Waals surface area contributed by atoms with Gasteiger partial charge in [-0.1, -0.05) is 194 Å². The molecule has 0 N–H and O–H groups in total. The van der Waals surface area contributed by atoms with Gasteiger partial charge in [-0.2, -0.15) is 0 Å². The predicted molar refractivity (Wildman–Crippen MR) is 251 cm³/mol. The number of rotatable bonds is 4. The van der Waals surface area contributed by atoms with Crippen LogP contribution in [0.2, 0.25) is 0 Å². The van der Waals surface area contributed by atoms with Gasteiger partial charge in [-0.25, -0.2) is 0 Å². The monoisotopic (exact) mass is 730 g/mol. The summed E-state index contributed by atoms with van der Waals surface area (Å²) in [5.74, 6) is 0. The van der Waals surface area contributed by atoms with Gasteiger partial charge in [0, 0.05) is 0 Å². The minimum atomic E-state index is 1.21. The lowest BCUT2D eigenvalue weighted by Gasteiger charge is -2.21. The summed E-state index contributed by atoms with van der Waals surface area (Å²) in [6.45, 7) is 0. The third kappa shape index (κ3) is 4.46. The van der Waals surface area contributed by atoms with E-state index in [4.69, 9.17) is 0 Å². The van der Waals surface area contributed by atoms with Gasteiger partial charge in [-0.05, 0) is 143 Å². The van der Waals surface area contributed by atoms with Crippen LogP contribution in [0.1, 0.15) is 0 Å². The third-order valence-electron chi connectivity index (χ3n) is 12.9. The van der Waals surface area contributed by atoms with Gasteiger partial charge in [0.2, 0.25) is 0 Å². The van der Waals surface area contributed by atoms with E-state index in [-0.39, 0.29) is 0 Å². The summed E-state index contributed by atoms with van der Waals surface area (Å²) in [6, 6.07) is 77.4. The van der Waals surface area contributed by atoms with Crippen molar-refractivity contribution in [1.29, 1.82) is 0 Å². The second-order valence-corrected chi connectivity index (χ2v) is 15.9. The predicted octanol–water partition coefficient (Wildman–Crippen LogP) is 16.5. The zero-order valence-corrected chi connectivity index (χ0v) is 31.6. The molecule has 0 heterocycles. The Morgan fingerprint density at radius 1 is 0.190 bits per heavy atom. The summed E-state index contributed by atoms with van der Waals surface area (Å²) >= 11 is 0. The minimum Gasteiger partial charge on any atom is -0.0616 e. The van der Waals surface area contributed by atoms with Crippen molar-refractivity contribution >= 4 is 86.2 Å². The van der Waals surface area contributed by atoms with Crippen LogP contribution in [0, 0.1) is 0 Å². The fourth-order valence-electron chi connectivity index (χ4n) is 10.4. The highest BCUT2D eigenvalue weighted by Crippen LogP contribution is 2.49. The minimum absolute atomic E-state index is 1.21.